The van der Waals surface area contributed by atoms with Crippen molar-refractivity contribution in [2.75, 3.05) is 20.3 Å². The Labute approximate surface area is 102 Å². The van der Waals surface area contributed by atoms with Crippen LogP contribution in [0.5, 0.6) is 5.75 Å². The average Bonchev–Trinajstić information content (AvgIpc) is 3.05. The first-order valence-corrected chi connectivity index (χ1v) is 6.23. The van der Waals surface area contributed by atoms with Gasteiger partial charge in [0.2, 0.25) is 0 Å². The van der Waals surface area contributed by atoms with Crippen LogP contribution in [0.4, 0.5) is 0 Å². The topological polar surface area (TPSA) is 48.3 Å². The molecule has 0 bridgehead atoms. The van der Waals surface area contributed by atoms with E-state index in [2.05, 4.69) is 17.3 Å². The summed E-state index contributed by atoms with van der Waals surface area (Å²) in [6.45, 7) is 4.34. The molecule has 0 amide bonds. The van der Waals surface area contributed by atoms with Crippen LogP contribution in [0, 0.1) is 0 Å². The summed E-state index contributed by atoms with van der Waals surface area (Å²) >= 11 is 0. The van der Waals surface area contributed by atoms with E-state index in [4.69, 9.17) is 9.47 Å². The number of rotatable bonds is 8. The molecule has 5 heteroatoms. The first-order chi connectivity index (χ1) is 8.31. The summed E-state index contributed by atoms with van der Waals surface area (Å²) in [6, 6.07) is 0.691. The van der Waals surface area contributed by atoms with Crippen molar-refractivity contribution in [3.63, 3.8) is 0 Å². The van der Waals surface area contributed by atoms with Gasteiger partial charge in [0.15, 0.2) is 5.75 Å². The fraction of sp³-hybridized carbons (Fsp3) is 0.750. The molecule has 1 aliphatic carbocycles. The summed E-state index contributed by atoms with van der Waals surface area (Å²) in [7, 11) is 1.70. The molecule has 1 aromatic rings. The molecule has 1 aromatic heterocycles. The molecule has 0 aliphatic heterocycles. The van der Waals surface area contributed by atoms with E-state index in [1.807, 2.05) is 10.9 Å². The minimum Gasteiger partial charge on any atom is -0.483 e. The third-order valence-electron chi connectivity index (χ3n) is 2.80. The third kappa shape index (κ3) is 4.02. The zero-order valence-corrected chi connectivity index (χ0v) is 10.6. The van der Waals surface area contributed by atoms with Crippen LogP contribution >= 0.6 is 0 Å². The lowest BCUT2D eigenvalue weighted by molar-refractivity contribution is 0.0803. The van der Waals surface area contributed by atoms with Crippen LogP contribution in [-0.2, 0) is 11.3 Å². The zero-order valence-electron chi connectivity index (χ0n) is 10.6. The summed E-state index contributed by atoms with van der Waals surface area (Å²) in [5.74, 6) is 0.812. The number of methoxy groups -OCH3 is 1. The Morgan fingerprint density at radius 1 is 1.59 bits per heavy atom. The fourth-order valence-corrected chi connectivity index (χ4v) is 1.68. The van der Waals surface area contributed by atoms with Gasteiger partial charge in [-0.15, -0.1) is 0 Å². The maximum atomic E-state index is 5.84. The van der Waals surface area contributed by atoms with Crippen molar-refractivity contribution in [2.45, 2.75) is 38.5 Å². The first kappa shape index (κ1) is 12.4. The standard InChI is InChI=1S/C12H21N3O2/c1-3-15-8-11(7-14-15)17-12(9-16-2)6-13-10-4-5-10/h7-8,10,12-13H,3-6,9H2,1-2H3. The number of aromatic nitrogens is 2. The molecule has 0 saturated heterocycles. The van der Waals surface area contributed by atoms with Crippen LogP contribution in [0.2, 0.25) is 0 Å². The van der Waals surface area contributed by atoms with Crippen molar-refractivity contribution in [1.82, 2.24) is 15.1 Å². The predicted octanol–water partition coefficient (Wildman–Crippen LogP) is 1.05. The average molecular weight is 239 g/mol. The molecule has 0 radical (unpaired) electrons. The lowest BCUT2D eigenvalue weighted by Gasteiger charge is -2.17. The third-order valence-corrected chi connectivity index (χ3v) is 2.80. The molecule has 96 valence electrons. The number of aryl methyl sites for hydroxylation is 1. The summed E-state index contributed by atoms with van der Waals surface area (Å²) in [4.78, 5) is 0. The van der Waals surface area contributed by atoms with E-state index in [1.165, 1.54) is 12.8 Å². The molecule has 1 N–H and O–H groups in total. The van der Waals surface area contributed by atoms with Crippen LogP contribution in [-0.4, -0.2) is 42.2 Å². The molecule has 1 saturated carbocycles. The van der Waals surface area contributed by atoms with Gasteiger partial charge in [-0.25, -0.2) is 0 Å². The monoisotopic (exact) mass is 239 g/mol. The SMILES string of the molecule is CCn1cc(OC(CNC2CC2)COC)cn1. The molecular formula is C12H21N3O2. The van der Waals surface area contributed by atoms with Crippen LogP contribution in [0.3, 0.4) is 0 Å². The smallest absolute Gasteiger partial charge is 0.157 e. The molecule has 1 atom stereocenters. The lowest BCUT2D eigenvalue weighted by atomic mass is 10.3. The molecule has 0 spiro atoms. The van der Waals surface area contributed by atoms with Crippen molar-refractivity contribution in [1.29, 1.82) is 0 Å². The van der Waals surface area contributed by atoms with E-state index in [1.54, 1.807) is 13.3 Å². The number of hydrogen-bond acceptors (Lipinski definition) is 4. The van der Waals surface area contributed by atoms with Crippen molar-refractivity contribution in [2.24, 2.45) is 0 Å². The van der Waals surface area contributed by atoms with Gasteiger partial charge in [-0.05, 0) is 19.8 Å². The van der Waals surface area contributed by atoms with Crippen molar-refractivity contribution < 1.29 is 9.47 Å². The van der Waals surface area contributed by atoms with Gasteiger partial charge in [0.05, 0.1) is 19.0 Å². The first-order valence-electron chi connectivity index (χ1n) is 6.23. The number of hydrogen-bond donors (Lipinski definition) is 1. The van der Waals surface area contributed by atoms with Crippen LogP contribution < -0.4 is 10.1 Å². The molecule has 1 aliphatic rings. The highest BCUT2D eigenvalue weighted by atomic mass is 16.5. The van der Waals surface area contributed by atoms with E-state index in [9.17, 15) is 0 Å². The summed E-state index contributed by atoms with van der Waals surface area (Å²) in [5.41, 5.74) is 0. The van der Waals surface area contributed by atoms with Gasteiger partial charge in [-0.2, -0.15) is 5.10 Å². The van der Waals surface area contributed by atoms with Gasteiger partial charge < -0.3 is 14.8 Å². The molecule has 17 heavy (non-hydrogen) atoms. The summed E-state index contributed by atoms with van der Waals surface area (Å²) in [5, 5.41) is 7.64. The summed E-state index contributed by atoms with van der Waals surface area (Å²) in [6.07, 6.45) is 6.29. The maximum absolute atomic E-state index is 5.84. The predicted molar refractivity (Wildman–Crippen MR) is 65.2 cm³/mol. The summed E-state index contributed by atoms with van der Waals surface area (Å²) < 4.78 is 12.9. The molecular weight excluding hydrogens is 218 g/mol. The van der Waals surface area contributed by atoms with Gasteiger partial charge in [0.1, 0.15) is 6.10 Å². The highest BCUT2D eigenvalue weighted by Crippen LogP contribution is 2.19. The number of ether oxygens (including phenoxy) is 2. The maximum Gasteiger partial charge on any atom is 0.157 e. The van der Waals surface area contributed by atoms with Gasteiger partial charge in [0, 0.05) is 26.2 Å². The van der Waals surface area contributed by atoms with E-state index in [0.29, 0.717) is 12.6 Å². The van der Waals surface area contributed by atoms with E-state index >= 15 is 0 Å². The number of nitrogens with one attached hydrogen (secondary N) is 1. The Bertz CT molecular complexity index is 336. The Morgan fingerprint density at radius 2 is 2.41 bits per heavy atom. The Hall–Kier alpha value is -1.07. The van der Waals surface area contributed by atoms with Crippen molar-refractivity contribution in [3.8, 4) is 5.75 Å². The molecule has 1 fully saturated rings. The van der Waals surface area contributed by atoms with Gasteiger partial charge in [-0.1, -0.05) is 0 Å². The van der Waals surface area contributed by atoms with E-state index in [-0.39, 0.29) is 6.10 Å². The minimum absolute atomic E-state index is 0.0510. The quantitative estimate of drug-likeness (QED) is 0.736. The largest absolute Gasteiger partial charge is 0.483 e. The highest BCUT2D eigenvalue weighted by molar-refractivity contribution is 5.12. The van der Waals surface area contributed by atoms with Crippen molar-refractivity contribution in [3.05, 3.63) is 12.4 Å². The second kappa shape index (κ2) is 6.02. The Balaban J connectivity index is 1.81. The van der Waals surface area contributed by atoms with Gasteiger partial charge in [-0.3, -0.25) is 4.68 Å². The molecule has 1 heterocycles. The molecule has 2 rings (SSSR count). The molecule has 5 nitrogen and oxygen atoms in total. The molecule has 0 aromatic carbocycles. The van der Waals surface area contributed by atoms with E-state index < -0.39 is 0 Å². The van der Waals surface area contributed by atoms with Crippen LogP contribution in [0.15, 0.2) is 12.4 Å². The van der Waals surface area contributed by atoms with Gasteiger partial charge in [0.25, 0.3) is 0 Å². The zero-order chi connectivity index (χ0) is 12.1. The van der Waals surface area contributed by atoms with Crippen LogP contribution in [0.1, 0.15) is 19.8 Å². The van der Waals surface area contributed by atoms with Crippen molar-refractivity contribution >= 4 is 0 Å². The second-order valence-corrected chi connectivity index (χ2v) is 4.41. The Kier molecular flexibility index (Phi) is 4.39. The fourth-order valence-electron chi connectivity index (χ4n) is 1.68. The minimum atomic E-state index is 0.0510. The van der Waals surface area contributed by atoms with E-state index in [0.717, 1.165) is 18.8 Å². The lowest BCUT2D eigenvalue weighted by Crippen LogP contribution is -2.35. The molecule has 1 unspecified atom stereocenters. The second-order valence-electron chi connectivity index (χ2n) is 4.41. The van der Waals surface area contributed by atoms with Gasteiger partial charge >= 0.3 is 0 Å². The normalized spacial score (nSPS) is 17.1. The van der Waals surface area contributed by atoms with Crippen LogP contribution in [0.25, 0.3) is 0 Å². The Morgan fingerprint density at radius 3 is 3.00 bits per heavy atom. The highest BCUT2D eigenvalue weighted by Gasteiger charge is 2.22. The number of nitrogens with zero attached hydrogens (tertiary/aromatic N) is 2.